The van der Waals surface area contributed by atoms with Gasteiger partial charge in [-0.3, -0.25) is 9.59 Å². The lowest BCUT2D eigenvalue weighted by atomic mass is 9.82. The fourth-order valence-corrected chi connectivity index (χ4v) is 4.47. The van der Waals surface area contributed by atoms with Gasteiger partial charge in [0.15, 0.2) is 0 Å². The lowest BCUT2D eigenvalue weighted by Crippen LogP contribution is -2.36. The molecule has 5 nitrogen and oxygen atoms in total. The minimum absolute atomic E-state index is 0.00888. The number of hydrogen-bond donors (Lipinski definition) is 1. The fraction of sp³-hybridized carbons (Fsp3) is 0.222. The Bertz CT molecular complexity index is 1370. The quantitative estimate of drug-likeness (QED) is 0.358. The third-order valence-electron chi connectivity index (χ3n) is 6.16. The Labute approximate surface area is 208 Å². The second-order valence-electron chi connectivity index (χ2n) is 8.40. The van der Waals surface area contributed by atoms with E-state index in [1.165, 1.54) is 4.68 Å². The predicted molar refractivity (Wildman–Crippen MR) is 138 cm³/mol. The van der Waals surface area contributed by atoms with Crippen LogP contribution in [0.5, 0.6) is 0 Å². The Morgan fingerprint density at radius 1 is 0.912 bits per heavy atom. The van der Waals surface area contributed by atoms with Gasteiger partial charge in [0.2, 0.25) is 5.91 Å². The molecule has 2 unspecified atom stereocenters. The molecule has 174 valence electrons. The zero-order chi connectivity index (χ0) is 24.2. The van der Waals surface area contributed by atoms with Crippen LogP contribution in [0.15, 0.2) is 77.6 Å². The summed E-state index contributed by atoms with van der Waals surface area (Å²) in [5.41, 5.74) is 2.60. The van der Waals surface area contributed by atoms with Crippen LogP contribution in [0.4, 0.5) is 0 Å². The van der Waals surface area contributed by atoms with Crippen LogP contribution in [0.1, 0.15) is 35.6 Å². The van der Waals surface area contributed by atoms with E-state index in [9.17, 15) is 9.59 Å². The lowest BCUT2D eigenvalue weighted by Gasteiger charge is -2.25. The Morgan fingerprint density at radius 3 is 2.09 bits per heavy atom. The molecule has 1 amide bonds. The first-order valence-electron chi connectivity index (χ1n) is 11.1. The van der Waals surface area contributed by atoms with E-state index < -0.39 is 0 Å². The first-order chi connectivity index (χ1) is 16.3. The van der Waals surface area contributed by atoms with Crippen molar-refractivity contribution in [2.24, 2.45) is 0 Å². The lowest BCUT2D eigenvalue weighted by molar-refractivity contribution is -0.122. The molecule has 3 aromatic carbocycles. The molecule has 0 bridgehead atoms. The third kappa shape index (κ3) is 5.32. The van der Waals surface area contributed by atoms with E-state index in [1.54, 1.807) is 6.07 Å². The van der Waals surface area contributed by atoms with Crippen LogP contribution in [0.25, 0.3) is 10.8 Å². The van der Waals surface area contributed by atoms with Gasteiger partial charge < -0.3 is 5.32 Å². The van der Waals surface area contributed by atoms with Gasteiger partial charge in [-0.05, 0) is 54.3 Å². The molecule has 1 heterocycles. The number of aromatic nitrogens is 2. The van der Waals surface area contributed by atoms with Crippen molar-refractivity contribution in [3.63, 3.8) is 0 Å². The van der Waals surface area contributed by atoms with Gasteiger partial charge in [-0.1, -0.05) is 72.6 Å². The summed E-state index contributed by atoms with van der Waals surface area (Å²) in [4.78, 5) is 25.7. The van der Waals surface area contributed by atoms with Crippen molar-refractivity contribution in [1.29, 1.82) is 0 Å². The summed E-state index contributed by atoms with van der Waals surface area (Å²) >= 11 is 12.2. The number of aryl methyl sites for hydroxylation is 1. The molecule has 4 aromatic rings. The molecule has 0 fully saturated rings. The van der Waals surface area contributed by atoms with Crippen LogP contribution in [0, 0.1) is 6.92 Å². The number of carbonyl (C=O) groups excluding carboxylic acids is 1. The van der Waals surface area contributed by atoms with E-state index >= 15 is 0 Å². The van der Waals surface area contributed by atoms with Crippen molar-refractivity contribution in [1.82, 2.24) is 15.1 Å². The fourth-order valence-electron chi connectivity index (χ4n) is 4.22. The predicted octanol–water partition coefficient (Wildman–Crippen LogP) is 5.72. The molecular weight excluding hydrogens is 469 g/mol. The molecule has 0 aliphatic carbocycles. The van der Waals surface area contributed by atoms with Crippen LogP contribution in [0.3, 0.4) is 0 Å². The first-order valence-corrected chi connectivity index (χ1v) is 11.8. The number of nitrogens with zero attached hydrogens (tertiary/aromatic N) is 2. The number of nitrogens with one attached hydrogen (secondary N) is 1. The summed E-state index contributed by atoms with van der Waals surface area (Å²) in [7, 11) is 0. The van der Waals surface area contributed by atoms with E-state index in [2.05, 4.69) is 17.3 Å². The minimum atomic E-state index is -0.278. The van der Waals surface area contributed by atoms with Gasteiger partial charge in [0, 0.05) is 27.9 Å². The second kappa shape index (κ2) is 10.4. The van der Waals surface area contributed by atoms with Crippen molar-refractivity contribution in [2.75, 3.05) is 6.54 Å². The molecule has 34 heavy (non-hydrogen) atoms. The van der Waals surface area contributed by atoms with Crippen LogP contribution < -0.4 is 10.9 Å². The monoisotopic (exact) mass is 493 g/mol. The van der Waals surface area contributed by atoms with Gasteiger partial charge in [-0.25, -0.2) is 4.68 Å². The SMILES string of the molecule is Cc1nn(CC(=O)NCC(c2ccc(Cl)cc2)C(C)c2ccc(Cl)cc2)c(=O)c2ccccc12. The maximum atomic E-state index is 12.9. The van der Waals surface area contributed by atoms with E-state index in [1.807, 2.05) is 73.7 Å². The van der Waals surface area contributed by atoms with Crippen LogP contribution >= 0.6 is 23.2 Å². The molecule has 2 atom stereocenters. The zero-order valence-electron chi connectivity index (χ0n) is 19.0. The summed E-state index contributed by atoms with van der Waals surface area (Å²) in [6.07, 6.45) is 0. The van der Waals surface area contributed by atoms with Crippen molar-refractivity contribution in [2.45, 2.75) is 32.2 Å². The standard InChI is InChI=1S/C27H25Cl2N3O2/c1-17(19-7-11-21(28)12-8-19)25(20-9-13-22(29)14-10-20)15-30-26(33)16-32-27(34)24-6-4-3-5-23(24)18(2)31-32/h3-14,17,25H,15-16H2,1-2H3,(H,30,33). The highest BCUT2D eigenvalue weighted by atomic mass is 35.5. The van der Waals surface area contributed by atoms with Gasteiger partial charge in [0.1, 0.15) is 6.54 Å². The smallest absolute Gasteiger partial charge is 0.275 e. The number of hydrogen-bond acceptors (Lipinski definition) is 3. The average Bonchev–Trinajstić information content (AvgIpc) is 2.84. The maximum Gasteiger partial charge on any atom is 0.275 e. The van der Waals surface area contributed by atoms with Crippen molar-refractivity contribution >= 4 is 39.9 Å². The van der Waals surface area contributed by atoms with Crippen LogP contribution in [-0.2, 0) is 11.3 Å². The zero-order valence-corrected chi connectivity index (χ0v) is 20.5. The summed E-state index contributed by atoms with van der Waals surface area (Å²) < 4.78 is 1.23. The number of halogens is 2. The van der Waals surface area contributed by atoms with E-state index in [-0.39, 0.29) is 29.8 Å². The highest BCUT2D eigenvalue weighted by Gasteiger charge is 2.22. The Hall–Kier alpha value is -3.15. The maximum absolute atomic E-state index is 12.9. The Morgan fingerprint density at radius 2 is 1.47 bits per heavy atom. The number of carbonyl (C=O) groups is 1. The molecule has 4 rings (SSSR count). The molecular formula is C27H25Cl2N3O2. The number of amides is 1. The van der Waals surface area contributed by atoms with Gasteiger partial charge in [-0.15, -0.1) is 0 Å². The van der Waals surface area contributed by atoms with E-state index in [0.29, 0.717) is 27.7 Å². The molecule has 0 aliphatic rings. The highest BCUT2D eigenvalue weighted by molar-refractivity contribution is 6.30. The largest absolute Gasteiger partial charge is 0.354 e. The van der Waals surface area contributed by atoms with Crippen molar-refractivity contribution in [3.8, 4) is 0 Å². The summed E-state index contributed by atoms with van der Waals surface area (Å²) in [6, 6.07) is 22.7. The normalized spacial score (nSPS) is 12.9. The highest BCUT2D eigenvalue weighted by Crippen LogP contribution is 2.33. The molecule has 0 saturated carbocycles. The topological polar surface area (TPSA) is 64.0 Å². The first kappa shape index (κ1) is 24.0. The van der Waals surface area contributed by atoms with Gasteiger partial charge in [0.25, 0.3) is 5.56 Å². The Balaban J connectivity index is 1.54. The molecule has 0 saturated heterocycles. The number of rotatable bonds is 7. The van der Waals surface area contributed by atoms with Crippen LogP contribution in [0.2, 0.25) is 10.0 Å². The van der Waals surface area contributed by atoms with Gasteiger partial charge in [0.05, 0.1) is 11.1 Å². The van der Waals surface area contributed by atoms with Crippen molar-refractivity contribution < 1.29 is 4.79 Å². The second-order valence-corrected chi connectivity index (χ2v) is 9.27. The third-order valence-corrected chi connectivity index (χ3v) is 6.67. The van der Waals surface area contributed by atoms with Crippen LogP contribution in [-0.4, -0.2) is 22.2 Å². The number of benzene rings is 3. The molecule has 7 heteroatoms. The minimum Gasteiger partial charge on any atom is -0.354 e. The summed E-state index contributed by atoms with van der Waals surface area (Å²) in [5.74, 6) is -0.181. The summed E-state index contributed by atoms with van der Waals surface area (Å²) in [5, 5.41) is 10.0. The van der Waals surface area contributed by atoms with E-state index in [0.717, 1.165) is 16.5 Å². The number of fused-ring (bicyclic) bond motifs is 1. The molecule has 1 aromatic heterocycles. The molecule has 0 aliphatic heterocycles. The summed E-state index contributed by atoms with van der Waals surface area (Å²) in [6.45, 7) is 4.20. The average molecular weight is 494 g/mol. The van der Waals surface area contributed by atoms with Gasteiger partial charge in [-0.2, -0.15) is 5.10 Å². The van der Waals surface area contributed by atoms with E-state index in [4.69, 9.17) is 23.2 Å². The molecule has 0 radical (unpaired) electrons. The van der Waals surface area contributed by atoms with Gasteiger partial charge >= 0.3 is 0 Å². The Kier molecular flexibility index (Phi) is 7.35. The molecule has 1 N–H and O–H groups in total. The van der Waals surface area contributed by atoms with Crippen molar-refractivity contribution in [3.05, 3.63) is 110 Å². The molecule has 0 spiro atoms.